The highest BCUT2D eigenvalue weighted by molar-refractivity contribution is 7.85. The second-order valence-electron chi connectivity index (χ2n) is 4.29. The predicted octanol–water partition coefficient (Wildman–Crippen LogP) is -0.930. The first-order valence-corrected chi connectivity index (χ1v) is 7.56. The van der Waals surface area contributed by atoms with Crippen LogP contribution in [-0.4, -0.2) is 46.4 Å². The number of nitrogens with two attached hydrogens (primary N) is 2. The van der Waals surface area contributed by atoms with Gasteiger partial charge in [0, 0.05) is 6.07 Å². The molecule has 0 spiro atoms. The van der Waals surface area contributed by atoms with Crippen molar-refractivity contribution in [3.8, 4) is 5.75 Å². The molecule has 0 atom stereocenters. The molecule has 1 aromatic carbocycles. The van der Waals surface area contributed by atoms with Crippen LogP contribution in [0, 0.1) is 6.92 Å². The van der Waals surface area contributed by atoms with Crippen LogP contribution in [0.15, 0.2) is 17.0 Å². The minimum Gasteiger partial charge on any atom is -0.744 e. The third kappa shape index (κ3) is 4.97. The van der Waals surface area contributed by atoms with Gasteiger partial charge in [-0.3, -0.25) is 0 Å². The molecule has 2 rings (SSSR count). The Labute approximate surface area is 118 Å². The van der Waals surface area contributed by atoms with Gasteiger partial charge in [-0.2, -0.15) is 0 Å². The summed E-state index contributed by atoms with van der Waals surface area (Å²) in [7, 11) is -3.12. The molecule has 7 nitrogen and oxygen atoms in total. The van der Waals surface area contributed by atoms with E-state index in [4.69, 9.17) is 15.2 Å². The molecule has 0 aromatic heterocycles. The van der Waals surface area contributed by atoms with Crippen LogP contribution in [0.4, 0.5) is 5.69 Å². The average molecular weight is 304 g/mol. The van der Waals surface area contributed by atoms with E-state index in [9.17, 15) is 13.0 Å². The smallest absolute Gasteiger partial charge is 0.143 e. The van der Waals surface area contributed by atoms with E-state index < -0.39 is 10.1 Å². The Bertz CT molecular complexity index is 530. The summed E-state index contributed by atoms with van der Waals surface area (Å²) in [5, 5.41) is 2.27. The van der Waals surface area contributed by atoms with Gasteiger partial charge in [-0.1, -0.05) is 0 Å². The lowest BCUT2D eigenvalue weighted by atomic mass is 10.2. The number of morpholine rings is 1. The summed E-state index contributed by atoms with van der Waals surface area (Å²) in [6.07, 6.45) is 0. The number of benzene rings is 1. The molecule has 1 fully saturated rings. The summed E-state index contributed by atoms with van der Waals surface area (Å²) in [4.78, 5) is -0.302. The fraction of sp³-hybridized carbons (Fsp3) is 0.500. The van der Waals surface area contributed by atoms with Crippen LogP contribution in [0.25, 0.3) is 0 Å². The third-order valence-electron chi connectivity index (χ3n) is 2.73. The van der Waals surface area contributed by atoms with Gasteiger partial charge in [-0.15, -0.1) is 0 Å². The van der Waals surface area contributed by atoms with E-state index in [2.05, 4.69) is 5.32 Å². The number of hydrogen-bond donors (Lipinski definition) is 2. The Morgan fingerprint density at radius 1 is 1.35 bits per heavy atom. The first-order valence-electron chi connectivity index (χ1n) is 6.15. The van der Waals surface area contributed by atoms with Gasteiger partial charge < -0.3 is 25.1 Å². The zero-order chi connectivity index (χ0) is 15.2. The molecule has 20 heavy (non-hydrogen) atoms. The monoisotopic (exact) mass is 304 g/mol. The van der Waals surface area contributed by atoms with Gasteiger partial charge in [0.15, 0.2) is 0 Å². The molecule has 1 aliphatic heterocycles. The van der Waals surface area contributed by atoms with E-state index in [1.807, 2.05) is 0 Å². The van der Waals surface area contributed by atoms with Crippen molar-refractivity contribution < 1.29 is 27.8 Å². The number of anilines is 1. The molecule has 0 amide bonds. The maximum absolute atomic E-state index is 10.8. The number of methoxy groups -OCH3 is 1. The molecule has 1 aromatic rings. The largest absolute Gasteiger partial charge is 0.744 e. The van der Waals surface area contributed by atoms with E-state index in [0.717, 1.165) is 32.4 Å². The maximum atomic E-state index is 10.8. The first-order chi connectivity index (χ1) is 9.36. The second-order valence-corrected chi connectivity index (χ2v) is 5.64. The quantitative estimate of drug-likeness (QED) is 0.538. The van der Waals surface area contributed by atoms with Crippen molar-refractivity contribution in [2.45, 2.75) is 11.8 Å². The van der Waals surface area contributed by atoms with Crippen molar-refractivity contribution >= 4 is 15.8 Å². The summed E-state index contributed by atoms with van der Waals surface area (Å²) < 4.78 is 42.2. The molecule has 0 radical (unpaired) electrons. The number of ether oxygens (including phenoxy) is 2. The van der Waals surface area contributed by atoms with Gasteiger partial charge in [-0.05, 0) is 18.6 Å². The molecule has 1 aliphatic rings. The summed E-state index contributed by atoms with van der Waals surface area (Å²) >= 11 is 0. The number of rotatable bonds is 2. The van der Waals surface area contributed by atoms with Gasteiger partial charge in [0.1, 0.15) is 15.9 Å². The fourth-order valence-electron chi connectivity index (χ4n) is 1.72. The molecular weight excluding hydrogens is 284 g/mol. The minimum atomic E-state index is -4.47. The minimum absolute atomic E-state index is 0.185. The van der Waals surface area contributed by atoms with Crippen LogP contribution in [0.1, 0.15) is 5.56 Å². The van der Waals surface area contributed by atoms with E-state index in [-0.39, 0.29) is 10.6 Å². The number of aryl methyl sites for hydroxylation is 1. The molecular formula is C12H20N2O5S. The van der Waals surface area contributed by atoms with Gasteiger partial charge in [0.25, 0.3) is 0 Å². The summed E-state index contributed by atoms with van der Waals surface area (Å²) in [6.45, 7) is 5.70. The summed E-state index contributed by atoms with van der Waals surface area (Å²) in [5.74, 6) is 0.185. The van der Waals surface area contributed by atoms with Gasteiger partial charge in [0.05, 0.1) is 44.0 Å². The number of quaternary nitrogens is 1. The molecule has 8 heteroatoms. The molecule has 0 bridgehead atoms. The third-order valence-corrected chi connectivity index (χ3v) is 3.71. The zero-order valence-corrected chi connectivity index (χ0v) is 12.4. The van der Waals surface area contributed by atoms with Crippen molar-refractivity contribution in [2.24, 2.45) is 0 Å². The number of nitrogen functional groups attached to an aromatic ring is 1. The summed E-state index contributed by atoms with van der Waals surface area (Å²) in [6, 6.07) is 2.52. The standard InChI is InChI=1S/C8H11NO4S.C4H9NO/c1-5-3-6(9)7(13-2)4-8(5)14(10,11)12;1-3-6-4-2-5-1/h3-4H,9H2,1-2H3,(H,10,11,12);5H,1-4H2. The fourth-order valence-corrected chi connectivity index (χ4v) is 2.42. The number of hydrogen-bond acceptors (Lipinski definition) is 6. The highest BCUT2D eigenvalue weighted by Crippen LogP contribution is 2.27. The molecule has 0 saturated carbocycles. The van der Waals surface area contributed by atoms with Crippen molar-refractivity contribution in [3.05, 3.63) is 17.7 Å². The van der Waals surface area contributed by atoms with Crippen LogP contribution in [-0.2, 0) is 14.9 Å². The van der Waals surface area contributed by atoms with E-state index in [1.165, 1.54) is 20.1 Å². The Morgan fingerprint density at radius 2 is 1.95 bits per heavy atom. The second kappa shape index (κ2) is 7.44. The molecule has 0 aliphatic carbocycles. The normalized spacial score (nSPS) is 15.2. The van der Waals surface area contributed by atoms with E-state index in [0.29, 0.717) is 11.3 Å². The Balaban J connectivity index is 0.000000276. The van der Waals surface area contributed by atoms with Crippen LogP contribution in [0.5, 0.6) is 5.75 Å². The van der Waals surface area contributed by atoms with Gasteiger partial charge in [0.2, 0.25) is 0 Å². The van der Waals surface area contributed by atoms with Crippen molar-refractivity contribution in [1.29, 1.82) is 0 Å². The molecule has 1 heterocycles. The van der Waals surface area contributed by atoms with E-state index >= 15 is 0 Å². The lowest BCUT2D eigenvalue weighted by Gasteiger charge is -2.13. The van der Waals surface area contributed by atoms with Crippen molar-refractivity contribution in [2.75, 3.05) is 39.1 Å². The maximum Gasteiger partial charge on any atom is 0.143 e. The van der Waals surface area contributed by atoms with Gasteiger partial charge >= 0.3 is 0 Å². The average Bonchev–Trinajstić information content (AvgIpc) is 2.40. The topological polar surface area (TPSA) is 118 Å². The van der Waals surface area contributed by atoms with E-state index in [1.54, 1.807) is 0 Å². The van der Waals surface area contributed by atoms with Crippen molar-refractivity contribution in [3.63, 3.8) is 0 Å². The molecule has 114 valence electrons. The summed E-state index contributed by atoms with van der Waals surface area (Å²) in [5.41, 5.74) is 6.14. The highest BCUT2D eigenvalue weighted by Gasteiger charge is 2.10. The first kappa shape index (κ1) is 16.7. The lowest BCUT2D eigenvalue weighted by Crippen LogP contribution is -2.87. The van der Waals surface area contributed by atoms with Crippen LogP contribution < -0.4 is 15.8 Å². The van der Waals surface area contributed by atoms with Crippen LogP contribution in [0.2, 0.25) is 0 Å². The zero-order valence-electron chi connectivity index (χ0n) is 11.6. The molecule has 0 unspecified atom stereocenters. The van der Waals surface area contributed by atoms with Crippen molar-refractivity contribution in [1.82, 2.24) is 0 Å². The molecule has 4 N–H and O–H groups in total. The Hall–Kier alpha value is -1.35. The predicted molar refractivity (Wildman–Crippen MR) is 72.6 cm³/mol. The Morgan fingerprint density at radius 3 is 2.30 bits per heavy atom. The van der Waals surface area contributed by atoms with Gasteiger partial charge in [-0.25, -0.2) is 8.42 Å². The molecule has 1 saturated heterocycles. The van der Waals surface area contributed by atoms with Crippen LogP contribution >= 0.6 is 0 Å². The lowest BCUT2D eigenvalue weighted by molar-refractivity contribution is -0.670. The SMILES string of the molecule is C1COCC[NH2+]1.COc1cc(S(=O)(=O)[O-])c(C)cc1N. The Kier molecular flexibility index (Phi) is 6.21. The highest BCUT2D eigenvalue weighted by atomic mass is 32.2. The van der Waals surface area contributed by atoms with Crippen LogP contribution in [0.3, 0.4) is 0 Å².